The molecule has 7 nitrogen and oxygen atoms in total. The van der Waals surface area contributed by atoms with Crippen molar-refractivity contribution in [1.29, 1.82) is 0 Å². The summed E-state index contributed by atoms with van der Waals surface area (Å²) in [6, 6.07) is 6.84. The predicted molar refractivity (Wildman–Crippen MR) is 91.0 cm³/mol. The van der Waals surface area contributed by atoms with E-state index in [-0.39, 0.29) is 11.4 Å². The average molecular weight is 364 g/mol. The van der Waals surface area contributed by atoms with Crippen molar-refractivity contribution in [1.82, 2.24) is 19.7 Å². The molecule has 0 aliphatic heterocycles. The van der Waals surface area contributed by atoms with Crippen LogP contribution in [0.15, 0.2) is 46.1 Å². The summed E-state index contributed by atoms with van der Waals surface area (Å²) < 4.78 is 34.3. The Morgan fingerprint density at radius 1 is 1.33 bits per heavy atom. The number of methoxy groups -OCH3 is 1. The Morgan fingerprint density at radius 3 is 2.88 bits per heavy atom. The fourth-order valence-electron chi connectivity index (χ4n) is 2.14. The van der Waals surface area contributed by atoms with Gasteiger partial charge in [0.2, 0.25) is 10.0 Å². The lowest BCUT2D eigenvalue weighted by Gasteiger charge is -2.10. The molecule has 3 aromatic rings. The maximum atomic E-state index is 12.5. The predicted octanol–water partition coefficient (Wildman–Crippen LogP) is 2.12. The van der Waals surface area contributed by atoms with Gasteiger partial charge in [-0.25, -0.2) is 17.8 Å². The van der Waals surface area contributed by atoms with Crippen LogP contribution < -0.4 is 9.46 Å². The van der Waals surface area contributed by atoms with Gasteiger partial charge < -0.3 is 4.74 Å². The minimum absolute atomic E-state index is 0.0587. The lowest BCUT2D eigenvalue weighted by molar-refractivity contribution is 0.413. The smallest absolute Gasteiger partial charge is 0.241 e. The van der Waals surface area contributed by atoms with Crippen LogP contribution in [0, 0.1) is 6.92 Å². The lowest BCUT2D eigenvalue weighted by Crippen LogP contribution is -2.24. The van der Waals surface area contributed by atoms with E-state index in [1.165, 1.54) is 13.2 Å². The Hall–Kier alpha value is -2.23. The highest BCUT2D eigenvalue weighted by molar-refractivity contribution is 7.89. The summed E-state index contributed by atoms with van der Waals surface area (Å²) in [7, 11) is -2.17. The molecule has 0 aliphatic rings. The van der Waals surface area contributed by atoms with Crippen molar-refractivity contribution in [3.63, 3.8) is 0 Å². The van der Waals surface area contributed by atoms with Crippen LogP contribution in [0.25, 0.3) is 5.69 Å². The highest BCUT2D eigenvalue weighted by Gasteiger charge is 2.18. The van der Waals surface area contributed by atoms with Gasteiger partial charge in [0, 0.05) is 11.4 Å². The van der Waals surface area contributed by atoms with E-state index in [0.29, 0.717) is 17.0 Å². The first-order valence-electron chi connectivity index (χ1n) is 7.08. The zero-order chi connectivity index (χ0) is 17.2. The number of hydrogen-bond donors (Lipinski definition) is 1. The van der Waals surface area contributed by atoms with Crippen molar-refractivity contribution in [2.45, 2.75) is 18.4 Å². The number of sulfonamides is 1. The molecule has 1 N–H and O–H groups in total. The first-order valence-corrected chi connectivity index (χ1v) is 9.50. The van der Waals surface area contributed by atoms with Crippen molar-refractivity contribution in [2.75, 3.05) is 7.11 Å². The molecule has 0 fully saturated rings. The van der Waals surface area contributed by atoms with Crippen LogP contribution in [-0.4, -0.2) is 30.5 Å². The van der Waals surface area contributed by atoms with Crippen LogP contribution in [0.1, 0.15) is 11.3 Å². The summed E-state index contributed by atoms with van der Waals surface area (Å²) in [6.45, 7) is 1.80. The summed E-state index contributed by atoms with van der Waals surface area (Å²) in [5.41, 5.74) is 2.07. The molecule has 0 radical (unpaired) electrons. The highest BCUT2D eigenvalue weighted by Crippen LogP contribution is 2.21. The Kier molecular flexibility index (Phi) is 4.65. The van der Waals surface area contributed by atoms with Crippen LogP contribution in [0.4, 0.5) is 0 Å². The number of nitrogens with one attached hydrogen (secondary N) is 1. The van der Waals surface area contributed by atoms with Gasteiger partial charge in [-0.1, -0.05) is 11.3 Å². The number of aryl methyl sites for hydroxylation is 1. The first kappa shape index (κ1) is 16.6. The number of ether oxygens (including phenoxy) is 1. The summed E-state index contributed by atoms with van der Waals surface area (Å²) in [4.78, 5) is 0.187. The van der Waals surface area contributed by atoms with E-state index in [4.69, 9.17) is 4.74 Å². The van der Waals surface area contributed by atoms with Crippen LogP contribution >= 0.6 is 11.3 Å². The van der Waals surface area contributed by atoms with E-state index in [2.05, 4.69) is 15.0 Å². The van der Waals surface area contributed by atoms with Gasteiger partial charge in [-0.05, 0) is 30.0 Å². The van der Waals surface area contributed by atoms with Crippen molar-refractivity contribution in [3.8, 4) is 11.4 Å². The Balaban J connectivity index is 1.76. The van der Waals surface area contributed by atoms with Gasteiger partial charge in [-0.15, -0.1) is 5.10 Å². The van der Waals surface area contributed by atoms with Crippen LogP contribution in [0.5, 0.6) is 5.75 Å². The Morgan fingerprint density at radius 2 is 2.17 bits per heavy atom. The number of aromatic nitrogens is 3. The second kappa shape index (κ2) is 6.71. The number of rotatable bonds is 6. The summed E-state index contributed by atoms with van der Waals surface area (Å²) >= 11 is 1.55. The third-order valence-electron chi connectivity index (χ3n) is 3.44. The van der Waals surface area contributed by atoms with E-state index < -0.39 is 10.0 Å². The second-order valence-corrected chi connectivity index (χ2v) is 7.61. The van der Waals surface area contributed by atoms with Gasteiger partial charge in [0.05, 0.1) is 36.1 Å². The van der Waals surface area contributed by atoms with Crippen LogP contribution in [0.2, 0.25) is 0 Å². The van der Waals surface area contributed by atoms with Gasteiger partial charge in [-0.3, -0.25) is 0 Å². The largest absolute Gasteiger partial charge is 0.497 e. The monoisotopic (exact) mass is 364 g/mol. The summed E-state index contributed by atoms with van der Waals surface area (Å²) in [6.07, 6.45) is 1.70. The molecule has 0 unspecified atom stereocenters. The molecule has 1 aromatic carbocycles. The SMILES string of the molecule is COc1ccc(C)c(S(=O)(=O)NCc2cn(-c3ccsc3)nn2)c1. The van der Waals surface area contributed by atoms with Gasteiger partial charge >= 0.3 is 0 Å². The molecule has 2 aromatic heterocycles. The van der Waals surface area contributed by atoms with Crippen LogP contribution in [-0.2, 0) is 16.6 Å². The van der Waals surface area contributed by atoms with E-state index in [9.17, 15) is 8.42 Å². The number of nitrogens with zero attached hydrogens (tertiary/aromatic N) is 3. The molecule has 0 saturated heterocycles. The molecule has 0 saturated carbocycles. The number of benzene rings is 1. The topological polar surface area (TPSA) is 86.1 Å². The summed E-state index contributed by atoms with van der Waals surface area (Å²) in [5.74, 6) is 0.490. The maximum Gasteiger partial charge on any atom is 0.241 e. The molecular weight excluding hydrogens is 348 g/mol. The van der Waals surface area contributed by atoms with Crippen molar-refractivity contribution < 1.29 is 13.2 Å². The van der Waals surface area contributed by atoms with Gasteiger partial charge in [0.25, 0.3) is 0 Å². The van der Waals surface area contributed by atoms with E-state index in [1.807, 2.05) is 16.8 Å². The molecule has 0 amide bonds. The van der Waals surface area contributed by atoms with Crippen molar-refractivity contribution in [2.24, 2.45) is 0 Å². The summed E-state index contributed by atoms with van der Waals surface area (Å²) in [5, 5.41) is 11.9. The molecule has 0 bridgehead atoms. The van der Waals surface area contributed by atoms with E-state index in [0.717, 1.165) is 5.69 Å². The molecule has 3 rings (SSSR count). The van der Waals surface area contributed by atoms with Crippen molar-refractivity contribution >= 4 is 21.4 Å². The first-order chi connectivity index (χ1) is 11.5. The third kappa shape index (κ3) is 3.48. The molecule has 0 atom stereocenters. The average Bonchev–Trinajstić information content (AvgIpc) is 3.24. The Labute approximate surface area is 144 Å². The second-order valence-electron chi connectivity index (χ2n) is 5.09. The van der Waals surface area contributed by atoms with E-state index in [1.54, 1.807) is 41.3 Å². The van der Waals surface area contributed by atoms with Gasteiger partial charge in [0.1, 0.15) is 5.75 Å². The fourth-order valence-corrected chi connectivity index (χ4v) is 4.02. The normalized spacial score (nSPS) is 11.6. The van der Waals surface area contributed by atoms with E-state index >= 15 is 0 Å². The molecule has 2 heterocycles. The fraction of sp³-hybridized carbons (Fsp3) is 0.200. The maximum absolute atomic E-state index is 12.5. The number of hydrogen-bond acceptors (Lipinski definition) is 6. The zero-order valence-corrected chi connectivity index (χ0v) is 14.8. The Bertz CT molecular complexity index is 934. The highest BCUT2D eigenvalue weighted by atomic mass is 32.2. The molecule has 24 heavy (non-hydrogen) atoms. The van der Waals surface area contributed by atoms with Gasteiger partial charge in [0.15, 0.2) is 0 Å². The van der Waals surface area contributed by atoms with Crippen molar-refractivity contribution in [3.05, 3.63) is 52.5 Å². The molecule has 126 valence electrons. The molecule has 0 aliphatic carbocycles. The van der Waals surface area contributed by atoms with Gasteiger partial charge in [-0.2, -0.15) is 11.3 Å². The zero-order valence-electron chi connectivity index (χ0n) is 13.1. The minimum Gasteiger partial charge on any atom is -0.497 e. The molecular formula is C15H16N4O3S2. The lowest BCUT2D eigenvalue weighted by atomic mass is 10.2. The quantitative estimate of drug-likeness (QED) is 0.724. The molecule has 0 spiro atoms. The molecule has 9 heteroatoms. The van der Waals surface area contributed by atoms with Crippen LogP contribution in [0.3, 0.4) is 0 Å². The number of thiophene rings is 1. The minimum atomic E-state index is -3.67. The third-order valence-corrected chi connectivity index (χ3v) is 5.65. The standard InChI is InChI=1S/C15H16N4O3S2/c1-11-3-4-14(22-2)7-15(11)24(20,21)16-8-12-9-19(18-17-12)13-5-6-23-10-13/h3-7,9-10,16H,8H2,1-2H3.